The summed E-state index contributed by atoms with van der Waals surface area (Å²) in [6.07, 6.45) is 2.16. The summed E-state index contributed by atoms with van der Waals surface area (Å²) in [5, 5.41) is 0. The molecule has 1 aliphatic heterocycles. The van der Waals surface area contributed by atoms with Gasteiger partial charge in [-0.15, -0.1) is 11.8 Å². The summed E-state index contributed by atoms with van der Waals surface area (Å²) in [5.41, 5.74) is 7.93. The third kappa shape index (κ3) is 2.93. The van der Waals surface area contributed by atoms with Crippen molar-refractivity contribution in [2.75, 3.05) is 38.5 Å². The zero-order valence-electron chi connectivity index (χ0n) is 12.0. The van der Waals surface area contributed by atoms with Crippen molar-refractivity contribution in [3.8, 4) is 0 Å². The van der Waals surface area contributed by atoms with Crippen LogP contribution in [0.1, 0.15) is 5.56 Å². The molecule has 1 aliphatic rings. The van der Waals surface area contributed by atoms with Crippen molar-refractivity contribution in [3.63, 3.8) is 0 Å². The van der Waals surface area contributed by atoms with E-state index in [0.717, 1.165) is 29.2 Å². The Balaban J connectivity index is 2.36. The summed E-state index contributed by atoms with van der Waals surface area (Å²) in [6, 6.07) is 6.13. The summed E-state index contributed by atoms with van der Waals surface area (Å²) < 4.78 is 11.0. The maximum Gasteiger partial charge on any atom is 0.107 e. The molecule has 1 heterocycles. The van der Waals surface area contributed by atoms with E-state index in [1.165, 1.54) is 0 Å². The average molecular weight is 312 g/mol. The summed E-state index contributed by atoms with van der Waals surface area (Å²) >= 11 is 6.88. The predicted molar refractivity (Wildman–Crippen MR) is 87.9 cm³/mol. The number of thioether (sulfide) groups is 1. The lowest BCUT2D eigenvalue weighted by Gasteiger charge is -2.22. The molecule has 0 radical (unpaired) electrons. The molecule has 2 rings (SSSR count). The fourth-order valence-corrected chi connectivity index (χ4v) is 3.51. The Morgan fingerprint density at radius 2 is 1.90 bits per heavy atom. The molecule has 1 aromatic carbocycles. The van der Waals surface area contributed by atoms with Crippen LogP contribution in [-0.4, -0.2) is 50.8 Å². The van der Waals surface area contributed by atoms with Gasteiger partial charge in [0.05, 0.1) is 0 Å². The minimum Gasteiger partial charge on any atom is -0.389 e. The molecule has 20 heavy (non-hydrogen) atoms. The van der Waals surface area contributed by atoms with E-state index in [0.29, 0.717) is 4.99 Å². The van der Waals surface area contributed by atoms with Crippen LogP contribution in [0.25, 0.3) is 0 Å². The first-order chi connectivity index (χ1) is 9.62. The number of rotatable bonds is 5. The van der Waals surface area contributed by atoms with Crippen LogP contribution in [0.15, 0.2) is 23.1 Å². The molecular weight excluding hydrogens is 292 g/mol. The van der Waals surface area contributed by atoms with E-state index in [9.17, 15) is 0 Å². The zero-order chi connectivity index (χ0) is 14.7. The molecule has 0 saturated carbocycles. The van der Waals surface area contributed by atoms with Crippen molar-refractivity contribution in [3.05, 3.63) is 23.8 Å². The molecular formula is C14H20N2O2S2. The van der Waals surface area contributed by atoms with Gasteiger partial charge in [0.15, 0.2) is 0 Å². The van der Waals surface area contributed by atoms with Crippen molar-refractivity contribution in [2.45, 2.75) is 17.1 Å². The van der Waals surface area contributed by atoms with E-state index < -0.39 is 0 Å². The van der Waals surface area contributed by atoms with Gasteiger partial charge in [-0.1, -0.05) is 18.3 Å². The number of hydrogen-bond donors (Lipinski definition) is 1. The lowest BCUT2D eigenvalue weighted by molar-refractivity contribution is -0.00461. The highest BCUT2D eigenvalue weighted by Crippen LogP contribution is 2.32. The minimum absolute atomic E-state index is 0.0668. The second kappa shape index (κ2) is 6.76. The first-order valence-electron chi connectivity index (χ1n) is 6.39. The Kier molecular flexibility index (Phi) is 5.26. The molecule has 1 saturated heterocycles. The van der Waals surface area contributed by atoms with Crippen LogP contribution in [0.5, 0.6) is 0 Å². The monoisotopic (exact) mass is 312 g/mol. The number of nitrogens with zero attached hydrogens (tertiary/aromatic N) is 1. The van der Waals surface area contributed by atoms with Gasteiger partial charge in [0, 0.05) is 43.5 Å². The molecule has 0 aromatic heterocycles. The fourth-order valence-electron chi connectivity index (χ4n) is 2.59. The van der Waals surface area contributed by atoms with Crippen molar-refractivity contribution >= 4 is 34.7 Å². The number of ether oxygens (including phenoxy) is 2. The Bertz CT molecular complexity index is 484. The second-order valence-electron chi connectivity index (χ2n) is 4.67. The number of anilines is 1. The molecule has 2 N–H and O–H groups in total. The highest BCUT2D eigenvalue weighted by Gasteiger charge is 2.34. The first kappa shape index (κ1) is 15.6. The second-order valence-corrected chi connectivity index (χ2v) is 5.96. The molecule has 110 valence electrons. The van der Waals surface area contributed by atoms with Gasteiger partial charge in [0.2, 0.25) is 0 Å². The van der Waals surface area contributed by atoms with Gasteiger partial charge in [-0.3, -0.25) is 0 Å². The van der Waals surface area contributed by atoms with Crippen molar-refractivity contribution in [1.29, 1.82) is 0 Å². The largest absolute Gasteiger partial charge is 0.389 e. The van der Waals surface area contributed by atoms with E-state index >= 15 is 0 Å². The lowest BCUT2D eigenvalue weighted by atomic mass is 10.1. The molecule has 2 atom stereocenters. The first-order valence-corrected chi connectivity index (χ1v) is 8.03. The van der Waals surface area contributed by atoms with Gasteiger partial charge in [0.25, 0.3) is 0 Å². The van der Waals surface area contributed by atoms with E-state index in [1.54, 1.807) is 26.0 Å². The Morgan fingerprint density at radius 1 is 1.30 bits per heavy atom. The summed E-state index contributed by atoms with van der Waals surface area (Å²) in [7, 11) is 3.43. The maximum absolute atomic E-state index is 5.92. The Hall–Kier alpha value is -0.820. The minimum atomic E-state index is 0.0668. The number of benzene rings is 1. The van der Waals surface area contributed by atoms with Crippen molar-refractivity contribution < 1.29 is 9.47 Å². The third-order valence-corrected chi connectivity index (χ3v) is 4.62. The van der Waals surface area contributed by atoms with E-state index in [-0.39, 0.29) is 12.2 Å². The number of nitrogens with two attached hydrogens (primary N) is 1. The molecule has 0 bridgehead atoms. The smallest absolute Gasteiger partial charge is 0.107 e. The van der Waals surface area contributed by atoms with Crippen LogP contribution in [0.4, 0.5) is 5.69 Å². The van der Waals surface area contributed by atoms with Crippen molar-refractivity contribution in [1.82, 2.24) is 0 Å². The molecule has 1 aromatic rings. The maximum atomic E-state index is 5.92. The van der Waals surface area contributed by atoms with Gasteiger partial charge < -0.3 is 20.1 Å². The SMILES string of the molecule is COC1CN(c2cccc(SC)c2C(N)=S)CC1OC. The van der Waals surface area contributed by atoms with E-state index in [1.807, 2.05) is 18.4 Å². The van der Waals surface area contributed by atoms with Crippen LogP contribution < -0.4 is 10.6 Å². The van der Waals surface area contributed by atoms with E-state index in [4.69, 9.17) is 27.4 Å². The molecule has 6 heteroatoms. The van der Waals surface area contributed by atoms with Gasteiger partial charge >= 0.3 is 0 Å². The standard InChI is InChI=1S/C14H20N2O2S2/c1-17-10-7-16(8-11(10)18-2)9-5-4-6-12(20-3)13(9)14(15)19/h4-6,10-11H,7-8H2,1-3H3,(H2,15,19). The topological polar surface area (TPSA) is 47.7 Å². The molecule has 4 nitrogen and oxygen atoms in total. The van der Waals surface area contributed by atoms with Gasteiger partial charge in [0.1, 0.15) is 17.2 Å². The third-order valence-electron chi connectivity index (χ3n) is 3.63. The number of methoxy groups -OCH3 is 2. The lowest BCUT2D eigenvalue weighted by Crippen LogP contribution is -2.27. The van der Waals surface area contributed by atoms with Gasteiger partial charge in [-0.25, -0.2) is 0 Å². The number of thiocarbonyl (C=S) groups is 1. The number of hydrogen-bond acceptors (Lipinski definition) is 5. The fraction of sp³-hybridized carbons (Fsp3) is 0.500. The molecule has 0 amide bonds. The molecule has 0 spiro atoms. The summed E-state index contributed by atoms with van der Waals surface area (Å²) in [6.45, 7) is 1.56. The normalized spacial score (nSPS) is 22.2. The highest BCUT2D eigenvalue weighted by molar-refractivity contribution is 7.98. The molecule has 0 aliphatic carbocycles. The Labute approximate surface area is 129 Å². The van der Waals surface area contributed by atoms with Crippen LogP contribution >= 0.6 is 24.0 Å². The highest BCUT2D eigenvalue weighted by atomic mass is 32.2. The predicted octanol–water partition coefficient (Wildman–Crippen LogP) is 1.89. The van der Waals surface area contributed by atoms with E-state index in [2.05, 4.69) is 11.0 Å². The summed E-state index contributed by atoms with van der Waals surface area (Å²) in [4.78, 5) is 3.76. The zero-order valence-corrected chi connectivity index (χ0v) is 13.6. The molecule has 2 unspecified atom stereocenters. The Morgan fingerprint density at radius 3 is 2.35 bits per heavy atom. The van der Waals surface area contributed by atoms with Crippen LogP contribution in [0.2, 0.25) is 0 Å². The average Bonchev–Trinajstić information content (AvgIpc) is 2.89. The van der Waals surface area contributed by atoms with Crippen LogP contribution in [-0.2, 0) is 9.47 Å². The summed E-state index contributed by atoms with van der Waals surface area (Å²) in [5.74, 6) is 0. The van der Waals surface area contributed by atoms with Gasteiger partial charge in [-0.05, 0) is 18.4 Å². The van der Waals surface area contributed by atoms with Crippen LogP contribution in [0.3, 0.4) is 0 Å². The van der Waals surface area contributed by atoms with Crippen LogP contribution in [0, 0.1) is 0 Å². The van der Waals surface area contributed by atoms with Crippen molar-refractivity contribution in [2.24, 2.45) is 5.73 Å². The molecule has 1 fully saturated rings. The quantitative estimate of drug-likeness (QED) is 0.662. The van der Waals surface area contributed by atoms with Gasteiger partial charge in [-0.2, -0.15) is 0 Å².